The van der Waals surface area contributed by atoms with Crippen LogP contribution in [0.2, 0.25) is 0 Å². The highest BCUT2D eigenvalue weighted by molar-refractivity contribution is 5.81. The van der Waals surface area contributed by atoms with Gasteiger partial charge in [0.05, 0.1) is 22.4 Å². The summed E-state index contributed by atoms with van der Waals surface area (Å²) in [5.74, 6) is -1.64. The van der Waals surface area contributed by atoms with E-state index in [0.29, 0.717) is 39.8 Å². The van der Waals surface area contributed by atoms with E-state index in [-0.39, 0.29) is 17.8 Å². The fourth-order valence-corrected chi connectivity index (χ4v) is 4.22. The second-order valence-electron chi connectivity index (χ2n) is 8.29. The van der Waals surface area contributed by atoms with Crippen molar-refractivity contribution in [2.24, 2.45) is 0 Å². The lowest BCUT2D eigenvalue weighted by Gasteiger charge is -2.20. The molecule has 0 spiro atoms. The summed E-state index contributed by atoms with van der Waals surface area (Å²) < 4.78 is 45.7. The Morgan fingerprint density at radius 3 is 2.55 bits per heavy atom. The largest absolute Gasteiger partial charge is 0.354 e. The average molecular weight is 445 g/mol. The number of hydrogen-bond donors (Lipinski definition) is 1. The zero-order valence-corrected chi connectivity index (χ0v) is 18.1. The van der Waals surface area contributed by atoms with E-state index in [1.165, 1.54) is 23.8 Å². The van der Waals surface area contributed by atoms with Gasteiger partial charge in [-0.25, -0.2) is 18.2 Å². The highest BCUT2D eigenvalue weighted by Gasteiger charge is 2.22. The van der Waals surface area contributed by atoms with Crippen LogP contribution in [0, 0.1) is 24.4 Å². The summed E-state index contributed by atoms with van der Waals surface area (Å²) in [6.45, 7) is 5.90. The summed E-state index contributed by atoms with van der Waals surface area (Å²) in [4.78, 5) is 4.77. The molecule has 6 heteroatoms. The number of nitrogens with zero attached hydrogens (tertiary/aromatic N) is 2. The first-order valence-corrected chi connectivity index (χ1v) is 10.7. The Kier molecular flexibility index (Phi) is 5.29. The number of fused-ring (bicyclic) bond motifs is 1. The van der Waals surface area contributed by atoms with Crippen LogP contribution in [0.3, 0.4) is 0 Å². The molecule has 0 atom stereocenters. The smallest absolute Gasteiger partial charge is 0.157 e. The van der Waals surface area contributed by atoms with Crippen molar-refractivity contribution in [1.82, 2.24) is 14.9 Å². The van der Waals surface area contributed by atoms with E-state index in [2.05, 4.69) is 24.0 Å². The lowest BCUT2D eigenvalue weighted by Crippen LogP contribution is -2.35. The van der Waals surface area contributed by atoms with Crippen molar-refractivity contribution in [1.29, 1.82) is 0 Å². The van der Waals surface area contributed by atoms with Crippen LogP contribution in [0.4, 0.5) is 13.2 Å². The Hall–Kier alpha value is -3.80. The van der Waals surface area contributed by atoms with Gasteiger partial charge in [-0.15, -0.1) is 0 Å². The van der Waals surface area contributed by atoms with Gasteiger partial charge in [0.2, 0.25) is 0 Å². The molecule has 2 aromatic carbocycles. The Balaban J connectivity index is 1.66. The monoisotopic (exact) mass is 445 g/mol. The van der Waals surface area contributed by atoms with Gasteiger partial charge in [-0.2, -0.15) is 0 Å². The summed E-state index contributed by atoms with van der Waals surface area (Å²) in [7, 11) is 0. The van der Waals surface area contributed by atoms with E-state index < -0.39 is 11.6 Å². The molecule has 1 aromatic heterocycles. The van der Waals surface area contributed by atoms with Crippen LogP contribution in [-0.2, 0) is 12.8 Å². The molecule has 0 saturated heterocycles. The number of aromatic nitrogens is 2. The highest BCUT2D eigenvalue weighted by Crippen LogP contribution is 2.24. The van der Waals surface area contributed by atoms with E-state index >= 15 is 0 Å². The van der Waals surface area contributed by atoms with Gasteiger partial charge in [0.1, 0.15) is 17.5 Å². The van der Waals surface area contributed by atoms with Crippen molar-refractivity contribution in [3.8, 4) is 0 Å². The number of halogens is 3. The number of imidazole rings is 1. The molecule has 1 N–H and O–H groups in total. The number of benzene rings is 2. The molecule has 33 heavy (non-hydrogen) atoms. The standard InChI is InChI=1S/C27H22F3N3/c1-16-7-5-10-19(26(16)30)25-15-33-17(2)23(13-18-8-3-4-9-18)32-27(33)24(31-25)14-20-21(28)11-6-12-22(20)29/h3-8,10-12,15,31H,2,9,13-14H2,1H3. The molecule has 0 bridgehead atoms. The van der Waals surface area contributed by atoms with Crippen molar-refractivity contribution in [3.05, 3.63) is 111 Å². The Morgan fingerprint density at radius 1 is 1.06 bits per heavy atom. The SMILES string of the molecule is C=c1c(CC2=CC=CC2)nc2n1C=C(c1cccc(C)c1F)NC=2Cc1c(F)cccc1F. The fourth-order valence-electron chi connectivity index (χ4n) is 4.22. The molecule has 166 valence electrons. The predicted octanol–water partition coefficient (Wildman–Crippen LogP) is 4.36. The van der Waals surface area contributed by atoms with Crippen LogP contribution >= 0.6 is 0 Å². The second-order valence-corrected chi connectivity index (χ2v) is 8.29. The molecule has 2 heterocycles. The van der Waals surface area contributed by atoms with Crippen molar-refractivity contribution in [3.63, 3.8) is 0 Å². The minimum Gasteiger partial charge on any atom is -0.354 e. The Labute approximate surface area is 189 Å². The van der Waals surface area contributed by atoms with Crippen LogP contribution in [-0.4, -0.2) is 9.55 Å². The van der Waals surface area contributed by atoms with Crippen LogP contribution in [0.25, 0.3) is 24.2 Å². The van der Waals surface area contributed by atoms with Crippen molar-refractivity contribution in [2.75, 3.05) is 0 Å². The molecular weight excluding hydrogens is 423 g/mol. The third-order valence-corrected chi connectivity index (χ3v) is 6.05. The van der Waals surface area contributed by atoms with E-state index in [1.54, 1.807) is 35.9 Å². The summed E-state index contributed by atoms with van der Waals surface area (Å²) in [5, 5.41) is 3.86. The van der Waals surface area contributed by atoms with Crippen molar-refractivity contribution in [2.45, 2.75) is 26.2 Å². The van der Waals surface area contributed by atoms with Gasteiger partial charge in [0, 0.05) is 30.2 Å². The molecule has 3 aromatic rings. The Bertz CT molecular complexity index is 1450. The minimum absolute atomic E-state index is 0.0660. The lowest BCUT2D eigenvalue weighted by molar-refractivity contribution is 0.562. The molecule has 1 aliphatic carbocycles. The van der Waals surface area contributed by atoms with Gasteiger partial charge in [-0.1, -0.05) is 48.6 Å². The van der Waals surface area contributed by atoms with Crippen molar-refractivity contribution < 1.29 is 13.2 Å². The molecule has 0 fully saturated rings. The number of aryl methyl sites for hydroxylation is 1. The summed E-state index contributed by atoms with van der Waals surface area (Å²) in [5.41, 5.74) is 4.25. The summed E-state index contributed by atoms with van der Waals surface area (Å²) in [6.07, 6.45) is 9.29. The number of hydrogen-bond acceptors (Lipinski definition) is 2. The molecule has 0 unspecified atom stereocenters. The quantitative estimate of drug-likeness (QED) is 0.633. The highest BCUT2D eigenvalue weighted by atomic mass is 19.1. The van der Waals surface area contributed by atoms with E-state index in [9.17, 15) is 13.2 Å². The lowest BCUT2D eigenvalue weighted by atomic mass is 10.0. The van der Waals surface area contributed by atoms with E-state index in [4.69, 9.17) is 4.98 Å². The van der Waals surface area contributed by atoms with Gasteiger partial charge in [0.15, 0.2) is 5.48 Å². The van der Waals surface area contributed by atoms with Gasteiger partial charge < -0.3 is 5.32 Å². The molecule has 0 amide bonds. The van der Waals surface area contributed by atoms with E-state index in [1.807, 2.05) is 6.08 Å². The van der Waals surface area contributed by atoms with Crippen LogP contribution < -0.4 is 16.1 Å². The van der Waals surface area contributed by atoms with Crippen molar-refractivity contribution >= 4 is 24.2 Å². The third kappa shape index (κ3) is 3.82. The maximum Gasteiger partial charge on any atom is 0.157 e. The minimum atomic E-state index is -0.641. The molecule has 0 radical (unpaired) electrons. The zero-order chi connectivity index (χ0) is 23.1. The average Bonchev–Trinajstić information content (AvgIpc) is 3.41. The first-order valence-electron chi connectivity index (χ1n) is 10.7. The maximum atomic E-state index is 15.0. The number of allylic oxidation sites excluding steroid dienone is 4. The fraction of sp³-hybridized carbons (Fsp3) is 0.148. The number of nitrogens with one attached hydrogen (secondary N) is 1. The number of rotatable bonds is 5. The Morgan fingerprint density at radius 2 is 1.82 bits per heavy atom. The van der Waals surface area contributed by atoms with Gasteiger partial charge in [-0.05, 0) is 37.1 Å². The summed E-state index contributed by atoms with van der Waals surface area (Å²) >= 11 is 0. The van der Waals surface area contributed by atoms with Gasteiger partial charge in [0.25, 0.3) is 0 Å². The molecule has 2 aliphatic rings. The van der Waals surface area contributed by atoms with Gasteiger partial charge in [-0.3, -0.25) is 4.57 Å². The maximum absolute atomic E-state index is 15.0. The second kappa shape index (κ2) is 8.28. The normalized spacial score (nSPS) is 14.7. The molecule has 5 rings (SSSR count). The molecular formula is C27H22F3N3. The molecule has 3 nitrogen and oxygen atoms in total. The van der Waals surface area contributed by atoms with Gasteiger partial charge >= 0.3 is 0 Å². The first-order chi connectivity index (χ1) is 15.9. The predicted molar refractivity (Wildman–Crippen MR) is 124 cm³/mol. The van der Waals surface area contributed by atoms with Crippen LogP contribution in [0.15, 0.2) is 60.2 Å². The topological polar surface area (TPSA) is 29.9 Å². The summed E-state index contributed by atoms with van der Waals surface area (Å²) in [6, 6.07) is 8.91. The zero-order valence-electron chi connectivity index (χ0n) is 18.1. The van der Waals surface area contributed by atoms with Crippen LogP contribution in [0.1, 0.15) is 28.8 Å². The molecule has 0 saturated carbocycles. The first kappa shape index (κ1) is 21.1. The molecule has 1 aliphatic heterocycles. The third-order valence-electron chi connectivity index (χ3n) is 6.05. The van der Waals surface area contributed by atoms with E-state index in [0.717, 1.165) is 12.1 Å². The van der Waals surface area contributed by atoms with Crippen LogP contribution in [0.5, 0.6) is 0 Å².